The minimum Gasteiger partial charge on any atom is -0.493 e. The van der Waals surface area contributed by atoms with Crippen molar-refractivity contribution in [3.8, 4) is 27.8 Å². The molecule has 0 fully saturated rings. The zero-order valence-corrected chi connectivity index (χ0v) is 21.2. The van der Waals surface area contributed by atoms with E-state index in [2.05, 4.69) is 20.8 Å². The Balaban J connectivity index is 1.52. The smallest absolute Gasteiger partial charge is 0.269 e. The number of benzene rings is 3. The van der Waals surface area contributed by atoms with Gasteiger partial charge >= 0.3 is 0 Å². The van der Waals surface area contributed by atoms with Gasteiger partial charge in [0, 0.05) is 23.3 Å². The van der Waals surface area contributed by atoms with E-state index in [1.165, 1.54) is 45.6 Å². The summed E-state index contributed by atoms with van der Waals surface area (Å²) in [5.74, 6) is -0.0548. The van der Waals surface area contributed by atoms with E-state index in [0.29, 0.717) is 27.8 Å². The summed E-state index contributed by atoms with van der Waals surface area (Å²) in [6, 6.07) is 15.3. The zero-order chi connectivity index (χ0) is 27.2. The van der Waals surface area contributed by atoms with Gasteiger partial charge in [0.15, 0.2) is 11.5 Å². The second kappa shape index (κ2) is 11.3. The van der Waals surface area contributed by atoms with E-state index >= 15 is 0 Å². The number of nitrogens with one attached hydrogen (secondary N) is 2. The average Bonchev–Trinajstić information content (AvgIpc) is 3.40. The SMILES string of the molecule is COc1cc(C(=O)Nc2ccccc2C(=O)Nc2nnc(-c3ccc([N+](=O)[O-])cc3)s2)cc(OC)c1OC. The Labute approximate surface area is 220 Å². The summed E-state index contributed by atoms with van der Waals surface area (Å²) in [4.78, 5) is 36.5. The van der Waals surface area contributed by atoms with Gasteiger partial charge in [-0.25, -0.2) is 0 Å². The second-order valence-electron chi connectivity index (χ2n) is 7.58. The van der Waals surface area contributed by atoms with Crippen LogP contribution in [0.3, 0.4) is 0 Å². The van der Waals surface area contributed by atoms with Crippen molar-refractivity contribution in [2.75, 3.05) is 32.0 Å². The average molecular weight is 536 g/mol. The highest BCUT2D eigenvalue weighted by molar-refractivity contribution is 7.18. The van der Waals surface area contributed by atoms with Gasteiger partial charge in [0.2, 0.25) is 10.9 Å². The van der Waals surface area contributed by atoms with Gasteiger partial charge in [-0.3, -0.25) is 25.0 Å². The molecular weight excluding hydrogens is 514 g/mol. The standard InChI is InChI=1S/C25H21N5O7S/c1-35-19-12-15(13-20(36-2)21(19)37-3)22(31)26-18-7-5-4-6-17(18)23(32)27-25-29-28-24(38-25)14-8-10-16(11-9-14)30(33)34/h4-13H,1-3H3,(H,26,31)(H,27,29,32). The molecule has 0 aliphatic heterocycles. The van der Waals surface area contributed by atoms with Crippen molar-refractivity contribution < 1.29 is 28.7 Å². The lowest BCUT2D eigenvalue weighted by Gasteiger charge is -2.15. The van der Waals surface area contributed by atoms with Crippen molar-refractivity contribution in [3.05, 3.63) is 81.9 Å². The molecule has 0 spiro atoms. The maximum absolute atomic E-state index is 13.1. The number of non-ortho nitro benzene ring substituents is 1. The molecule has 0 radical (unpaired) electrons. The van der Waals surface area contributed by atoms with E-state index in [1.807, 2.05) is 0 Å². The van der Waals surface area contributed by atoms with E-state index < -0.39 is 16.7 Å². The van der Waals surface area contributed by atoms with Crippen molar-refractivity contribution in [2.24, 2.45) is 0 Å². The summed E-state index contributed by atoms with van der Waals surface area (Å²) in [6.07, 6.45) is 0. The van der Waals surface area contributed by atoms with Crippen LogP contribution in [-0.2, 0) is 0 Å². The van der Waals surface area contributed by atoms with E-state index in [-0.39, 0.29) is 27.6 Å². The molecule has 1 heterocycles. The Morgan fingerprint density at radius 1 is 0.868 bits per heavy atom. The molecule has 12 nitrogen and oxygen atoms in total. The number of aromatic nitrogens is 2. The van der Waals surface area contributed by atoms with Crippen LogP contribution in [0.1, 0.15) is 20.7 Å². The second-order valence-corrected chi connectivity index (χ2v) is 8.56. The number of anilines is 2. The van der Waals surface area contributed by atoms with Gasteiger partial charge in [0.1, 0.15) is 5.01 Å². The number of para-hydroxylation sites is 1. The van der Waals surface area contributed by atoms with Crippen molar-refractivity contribution in [2.45, 2.75) is 0 Å². The van der Waals surface area contributed by atoms with Crippen LogP contribution in [0, 0.1) is 10.1 Å². The molecule has 0 saturated carbocycles. The Bertz CT molecular complexity index is 1480. The minimum absolute atomic E-state index is 0.0445. The first-order chi connectivity index (χ1) is 18.3. The molecule has 0 unspecified atom stereocenters. The van der Waals surface area contributed by atoms with Crippen molar-refractivity contribution in [1.29, 1.82) is 0 Å². The number of hydrogen-bond acceptors (Lipinski definition) is 10. The quantitative estimate of drug-likeness (QED) is 0.230. The molecule has 0 aliphatic carbocycles. The maximum Gasteiger partial charge on any atom is 0.269 e. The van der Waals surface area contributed by atoms with Gasteiger partial charge in [-0.15, -0.1) is 10.2 Å². The maximum atomic E-state index is 13.1. The fourth-order valence-corrected chi connectivity index (χ4v) is 4.22. The molecule has 2 N–H and O–H groups in total. The number of amides is 2. The summed E-state index contributed by atoms with van der Waals surface area (Å²) in [7, 11) is 4.35. The summed E-state index contributed by atoms with van der Waals surface area (Å²) >= 11 is 1.10. The minimum atomic E-state index is -0.516. The molecule has 1 aromatic heterocycles. The van der Waals surface area contributed by atoms with Gasteiger partial charge in [0.25, 0.3) is 17.5 Å². The van der Waals surface area contributed by atoms with Crippen LogP contribution in [-0.4, -0.2) is 48.3 Å². The number of carbonyl (C=O) groups is 2. The van der Waals surface area contributed by atoms with Gasteiger partial charge in [0.05, 0.1) is 37.5 Å². The number of nitro groups is 1. The summed E-state index contributed by atoms with van der Waals surface area (Å²) in [5, 5.41) is 25.0. The number of nitro benzene ring substituents is 1. The first-order valence-corrected chi connectivity index (χ1v) is 11.8. The lowest BCUT2D eigenvalue weighted by atomic mass is 10.1. The van der Waals surface area contributed by atoms with Gasteiger partial charge in [-0.05, 0) is 36.4 Å². The number of methoxy groups -OCH3 is 3. The lowest BCUT2D eigenvalue weighted by molar-refractivity contribution is -0.384. The van der Waals surface area contributed by atoms with Gasteiger partial charge in [-0.1, -0.05) is 23.5 Å². The molecule has 0 atom stereocenters. The van der Waals surface area contributed by atoms with Crippen LogP contribution in [0.4, 0.5) is 16.5 Å². The van der Waals surface area contributed by atoms with Crippen molar-refractivity contribution in [3.63, 3.8) is 0 Å². The highest BCUT2D eigenvalue weighted by atomic mass is 32.1. The largest absolute Gasteiger partial charge is 0.493 e. The Kier molecular flexibility index (Phi) is 7.77. The van der Waals surface area contributed by atoms with Crippen LogP contribution in [0.15, 0.2) is 60.7 Å². The molecule has 3 aromatic carbocycles. The van der Waals surface area contributed by atoms with Crippen LogP contribution in [0.25, 0.3) is 10.6 Å². The third-order valence-electron chi connectivity index (χ3n) is 5.32. The summed E-state index contributed by atoms with van der Waals surface area (Å²) in [6.45, 7) is 0. The van der Waals surface area contributed by atoms with Crippen LogP contribution >= 0.6 is 11.3 Å². The predicted molar refractivity (Wildman–Crippen MR) is 140 cm³/mol. The number of nitrogens with zero attached hydrogens (tertiary/aromatic N) is 3. The molecule has 194 valence electrons. The molecule has 38 heavy (non-hydrogen) atoms. The molecule has 0 saturated heterocycles. The van der Waals surface area contributed by atoms with Gasteiger partial charge in [-0.2, -0.15) is 0 Å². The molecule has 13 heteroatoms. The lowest BCUT2D eigenvalue weighted by Crippen LogP contribution is -2.18. The third kappa shape index (κ3) is 5.52. The van der Waals surface area contributed by atoms with Crippen molar-refractivity contribution in [1.82, 2.24) is 10.2 Å². The first-order valence-electron chi connectivity index (χ1n) is 10.9. The first kappa shape index (κ1) is 26.0. The molecule has 4 aromatic rings. The normalized spacial score (nSPS) is 10.4. The van der Waals surface area contributed by atoms with Crippen LogP contribution in [0.2, 0.25) is 0 Å². The van der Waals surface area contributed by atoms with Gasteiger partial charge < -0.3 is 19.5 Å². The molecule has 2 amide bonds. The van der Waals surface area contributed by atoms with E-state index in [0.717, 1.165) is 11.3 Å². The summed E-state index contributed by atoms with van der Waals surface area (Å²) in [5.41, 5.74) is 1.26. The number of rotatable bonds is 9. The molecular formula is C25H21N5O7S. The fourth-order valence-electron chi connectivity index (χ4n) is 3.48. The Morgan fingerprint density at radius 3 is 2.13 bits per heavy atom. The van der Waals surface area contributed by atoms with E-state index in [1.54, 1.807) is 36.4 Å². The topological polar surface area (TPSA) is 155 Å². The monoisotopic (exact) mass is 535 g/mol. The highest BCUT2D eigenvalue weighted by Crippen LogP contribution is 2.38. The highest BCUT2D eigenvalue weighted by Gasteiger charge is 2.20. The zero-order valence-electron chi connectivity index (χ0n) is 20.4. The molecule has 4 rings (SSSR count). The molecule has 0 bridgehead atoms. The van der Waals surface area contributed by atoms with E-state index in [9.17, 15) is 19.7 Å². The van der Waals surface area contributed by atoms with Crippen LogP contribution in [0.5, 0.6) is 17.2 Å². The van der Waals surface area contributed by atoms with Crippen LogP contribution < -0.4 is 24.8 Å². The number of carbonyl (C=O) groups excluding carboxylic acids is 2. The fraction of sp³-hybridized carbons (Fsp3) is 0.120. The third-order valence-corrected chi connectivity index (χ3v) is 6.21. The number of hydrogen-bond donors (Lipinski definition) is 2. The van der Waals surface area contributed by atoms with Crippen molar-refractivity contribution >= 4 is 39.7 Å². The van der Waals surface area contributed by atoms with E-state index in [4.69, 9.17) is 14.2 Å². The molecule has 0 aliphatic rings. The Hall–Kier alpha value is -5.04. The Morgan fingerprint density at radius 2 is 1.53 bits per heavy atom. The predicted octanol–water partition coefficient (Wildman–Crippen LogP) is 4.64. The summed E-state index contributed by atoms with van der Waals surface area (Å²) < 4.78 is 15.9. The number of ether oxygens (including phenoxy) is 3.